The number of rotatable bonds is 6. The molecule has 0 amide bonds. The fourth-order valence-electron chi connectivity index (χ4n) is 4.61. The highest BCUT2D eigenvalue weighted by Crippen LogP contribution is 2.28. The van der Waals surface area contributed by atoms with Crippen molar-refractivity contribution in [3.63, 3.8) is 0 Å². The van der Waals surface area contributed by atoms with E-state index in [0.29, 0.717) is 17.9 Å². The van der Waals surface area contributed by atoms with Crippen molar-refractivity contribution >= 4 is 10.9 Å². The first-order valence-electron chi connectivity index (χ1n) is 11.5. The van der Waals surface area contributed by atoms with Crippen LogP contribution in [-0.4, -0.2) is 75.3 Å². The number of para-hydroxylation sites is 1. The van der Waals surface area contributed by atoms with E-state index in [0.717, 1.165) is 54.0 Å². The molecule has 0 saturated carbocycles. The Morgan fingerprint density at radius 1 is 1.09 bits per heavy atom. The molecule has 9 nitrogen and oxygen atoms in total. The number of methoxy groups -OCH3 is 1. The second-order valence-corrected chi connectivity index (χ2v) is 8.88. The molecule has 5 rings (SSSR count). The van der Waals surface area contributed by atoms with Crippen LogP contribution >= 0.6 is 0 Å². The van der Waals surface area contributed by atoms with Gasteiger partial charge in [0.1, 0.15) is 11.8 Å². The molecule has 1 aliphatic heterocycles. The average molecular weight is 460 g/mol. The number of fused-ring (bicyclic) bond motifs is 1. The van der Waals surface area contributed by atoms with Gasteiger partial charge in [0.25, 0.3) is 5.56 Å². The molecule has 0 radical (unpaired) electrons. The minimum Gasteiger partial charge on any atom is -0.497 e. The molecule has 1 aliphatic rings. The Bertz CT molecular complexity index is 1340. The monoisotopic (exact) mass is 459 g/mol. The van der Waals surface area contributed by atoms with Gasteiger partial charge in [0.05, 0.1) is 19.2 Å². The van der Waals surface area contributed by atoms with Crippen LogP contribution in [0, 0.1) is 6.92 Å². The van der Waals surface area contributed by atoms with Gasteiger partial charge in [0, 0.05) is 31.7 Å². The lowest BCUT2D eigenvalue weighted by atomic mass is 10.0. The highest BCUT2D eigenvalue weighted by molar-refractivity contribution is 5.82. The summed E-state index contributed by atoms with van der Waals surface area (Å²) in [6.07, 6.45) is 0. The molecule has 1 atom stereocenters. The van der Waals surface area contributed by atoms with E-state index in [1.165, 1.54) is 0 Å². The first-order valence-corrected chi connectivity index (χ1v) is 11.5. The summed E-state index contributed by atoms with van der Waals surface area (Å²) in [7, 11) is 3.77. The molecule has 0 aliphatic carbocycles. The average Bonchev–Trinajstić information content (AvgIpc) is 3.29. The summed E-state index contributed by atoms with van der Waals surface area (Å²) >= 11 is 0. The molecule has 4 aromatic rings. The lowest BCUT2D eigenvalue weighted by Gasteiger charge is -2.37. The fraction of sp³-hybridized carbons (Fsp3) is 0.360. The van der Waals surface area contributed by atoms with Gasteiger partial charge in [0.15, 0.2) is 5.82 Å². The van der Waals surface area contributed by atoms with E-state index in [9.17, 15) is 4.79 Å². The maximum atomic E-state index is 13.4. The topological polar surface area (TPSA) is 92.2 Å². The van der Waals surface area contributed by atoms with Crippen molar-refractivity contribution in [1.29, 1.82) is 0 Å². The Morgan fingerprint density at radius 3 is 2.59 bits per heavy atom. The van der Waals surface area contributed by atoms with Gasteiger partial charge < -0.3 is 14.6 Å². The maximum absolute atomic E-state index is 13.4. The predicted molar refractivity (Wildman–Crippen MR) is 130 cm³/mol. The molecule has 176 valence electrons. The van der Waals surface area contributed by atoms with Crippen molar-refractivity contribution in [3.8, 4) is 5.75 Å². The van der Waals surface area contributed by atoms with E-state index in [2.05, 4.69) is 37.4 Å². The Balaban J connectivity index is 1.58. The number of hydrogen-bond acceptors (Lipinski definition) is 7. The molecule has 1 unspecified atom stereocenters. The van der Waals surface area contributed by atoms with Crippen LogP contribution < -0.4 is 10.3 Å². The standard InChI is InChI=1S/C25H29N7O2/c1-17-5-4-6-19-15-21(25(33)26-22(17)19)23(31-13-11-30(2)12-14-31)24-27-28-29-32(24)16-18-7-9-20(34-3)10-8-18/h4-10,15,23H,11-14,16H2,1-3H3,(H,26,33). The predicted octanol–water partition coefficient (Wildman–Crippen LogP) is 2.22. The van der Waals surface area contributed by atoms with Gasteiger partial charge in [-0.05, 0) is 59.1 Å². The number of aryl methyl sites for hydroxylation is 1. The van der Waals surface area contributed by atoms with Crippen LogP contribution in [0.15, 0.2) is 53.3 Å². The number of aromatic amines is 1. The Kier molecular flexibility index (Phi) is 6.12. The molecule has 2 aromatic heterocycles. The first-order chi connectivity index (χ1) is 16.5. The van der Waals surface area contributed by atoms with Gasteiger partial charge in [0.2, 0.25) is 0 Å². The molecule has 1 fully saturated rings. The number of piperazine rings is 1. The number of pyridine rings is 1. The van der Waals surface area contributed by atoms with E-state index in [-0.39, 0.29) is 11.6 Å². The zero-order valence-corrected chi connectivity index (χ0v) is 19.7. The van der Waals surface area contributed by atoms with Crippen molar-refractivity contribution < 1.29 is 4.74 Å². The van der Waals surface area contributed by atoms with Gasteiger partial charge in [-0.15, -0.1) is 5.10 Å². The number of hydrogen-bond donors (Lipinski definition) is 1. The van der Waals surface area contributed by atoms with Crippen LogP contribution in [0.1, 0.15) is 28.6 Å². The normalized spacial score (nSPS) is 16.1. The maximum Gasteiger partial charge on any atom is 0.253 e. The number of benzene rings is 2. The van der Waals surface area contributed by atoms with Crippen LogP contribution in [0.5, 0.6) is 5.75 Å². The molecule has 9 heteroatoms. The summed E-state index contributed by atoms with van der Waals surface area (Å²) in [6, 6.07) is 15.5. The van der Waals surface area contributed by atoms with Crippen molar-refractivity contribution in [2.75, 3.05) is 40.3 Å². The van der Waals surface area contributed by atoms with Crippen LogP contribution in [0.3, 0.4) is 0 Å². The molecule has 1 N–H and O–H groups in total. The SMILES string of the molecule is COc1ccc(Cn2nnnc2C(c2cc3cccc(C)c3[nH]c2=O)N2CCN(C)CC2)cc1. The largest absolute Gasteiger partial charge is 0.497 e. The summed E-state index contributed by atoms with van der Waals surface area (Å²) in [4.78, 5) is 21.1. The summed E-state index contributed by atoms with van der Waals surface area (Å²) in [5, 5.41) is 13.7. The number of aromatic nitrogens is 5. The van der Waals surface area contributed by atoms with Crippen molar-refractivity contribution in [1.82, 2.24) is 35.0 Å². The molecule has 0 bridgehead atoms. The summed E-state index contributed by atoms with van der Waals surface area (Å²) in [5.74, 6) is 1.46. The van der Waals surface area contributed by atoms with Gasteiger partial charge in [-0.2, -0.15) is 0 Å². The fourth-order valence-corrected chi connectivity index (χ4v) is 4.61. The molecule has 1 saturated heterocycles. The quantitative estimate of drug-likeness (QED) is 0.473. The summed E-state index contributed by atoms with van der Waals surface area (Å²) in [6.45, 7) is 5.98. The number of nitrogens with one attached hydrogen (secondary N) is 1. The summed E-state index contributed by atoms with van der Waals surface area (Å²) in [5.41, 5.74) is 3.51. The van der Waals surface area contributed by atoms with E-state index in [1.54, 1.807) is 11.8 Å². The van der Waals surface area contributed by atoms with Crippen LogP contribution in [0.4, 0.5) is 0 Å². The van der Waals surface area contributed by atoms with Gasteiger partial charge in [-0.1, -0.05) is 30.3 Å². The minimum absolute atomic E-state index is 0.107. The lowest BCUT2D eigenvalue weighted by Crippen LogP contribution is -2.47. The Hall–Kier alpha value is -3.56. The van der Waals surface area contributed by atoms with Crippen LogP contribution in [0.2, 0.25) is 0 Å². The first kappa shape index (κ1) is 22.2. The van der Waals surface area contributed by atoms with Crippen molar-refractivity contribution in [2.24, 2.45) is 0 Å². The van der Waals surface area contributed by atoms with Gasteiger partial charge >= 0.3 is 0 Å². The van der Waals surface area contributed by atoms with Crippen LogP contribution in [-0.2, 0) is 6.54 Å². The number of likely N-dealkylation sites (N-methyl/N-ethyl adjacent to an activating group) is 1. The van der Waals surface area contributed by atoms with Gasteiger partial charge in [-0.3, -0.25) is 9.69 Å². The minimum atomic E-state index is -0.351. The smallest absolute Gasteiger partial charge is 0.253 e. The number of tetrazole rings is 1. The van der Waals surface area contributed by atoms with E-state index >= 15 is 0 Å². The molecule has 2 aromatic carbocycles. The number of nitrogens with zero attached hydrogens (tertiary/aromatic N) is 6. The Labute approximate surface area is 198 Å². The third kappa shape index (κ3) is 4.32. The second kappa shape index (κ2) is 9.36. The lowest BCUT2D eigenvalue weighted by molar-refractivity contribution is 0.121. The van der Waals surface area contributed by atoms with E-state index in [1.807, 2.05) is 55.5 Å². The Morgan fingerprint density at radius 2 is 1.85 bits per heavy atom. The van der Waals surface area contributed by atoms with E-state index in [4.69, 9.17) is 4.74 Å². The number of H-pyrrole nitrogens is 1. The molecule has 0 spiro atoms. The van der Waals surface area contributed by atoms with E-state index < -0.39 is 0 Å². The molecule has 34 heavy (non-hydrogen) atoms. The highest BCUT2D eigenvalue weighted by atomic mass is 16.5. The van der Waals surface area contributed by atoms with Gasteiger partial charge in [-0.25, -0.2) is 4.68 Å². The zero-order valence-electron chi connectivity index (χ0n) is 19.7. The summed E-state index contributed by atoms with van der Waals surface area (Å²) < 4.78 is 7.07. The van der Waals surface area contributed by atoms with Crippen molar-refractivity contribution in [3.05, 3.63) is 81.4 Å². The van der Waals surface area contributed by atoms with Crippen molar-refractivity contribution in [2.45, 2.75) is 19.5 Å². The third-order valence-corrected chi connectivity index (χ3v) is 6.61. The zero-order chi connectivity index (χ0) is 23.7. The number of ether oxygens (including phenoxy) is 1. The molecular formula is C25H29N7O2. The molecular weight excluding hydrogens is 430 g/mol. The van der Waals surface area contributed by atoms with Crippen LogP contribution in [0.25, 0.3) is 10.9 Å². The second-order valence-electron chi connectivity index (χ2n) is 8.88. The molecule has 3 heterocycles. The third-order valence-electron chi connectivity index (χ3n) is 6.61. The highest BCUT2D eigenvalue weighted by Gasteiger charge is 2.32.